The van der Waals surface area contributed by atoms with Crippen LogP contribution in [0.1, 0.15) is 53.3 Å². The highest BCUT2D eigenvalue weighted by molar-refractivity contribution is 9.10. The van der Waals surface area contributed by atoms with Gasteiger partial charge < -0.3 is 19.7 Å². The van der Waals surface area contributed by atoms with Crippen LogP contribution in [0.3, 0.4) is 0 Å². The van der Waals surface area contributed by atoms with Crippen molar-refractivity contribution in [3.8, 4) is 11.1 Å². The summed E-state index contributed by atoms with van der Waals surface area (Å²) >= 11 is 3.16. The Morgan fingerprint density at radius 1 is 1.04 bits per heavy atom. The summed E-state index contributed by atoms with van der Waals surface area (Å²) in [5.74, 6) is -0.533. The first-order valence-electron chi connectivity index (χ1n) is 14.9. The number of carbonyl (C=O) groups excluding carboxylic acids is 1. The first kappa shape index (κ1) is 34.3. The van der Waals surface area contributed by atoms with Gasteiger partial charge in [0, 0.05) is 59.6 Å². The van der Waals surface area contributed by atoms with Crippen molar-refractivity contribution in [2.45, 2.75) is 47.1 Å². The molecule has 0 radical (unpaired) electrons. The zero-order valence-electron chi connectivity index (χ0n) is 26.7. The number of nitrogens with zero attached hydrogens (tertiary/aromatic N) is 3. The largest absolute Gasteiger partial charge is 0.396 e. The van der Waals surface area contributed by atoms with Crippen molar-refractivity contribution >= 4 is 38.3 Å². The molecule has 0 atom stereocenters. The average Bonchev–Trinajstić information content (AvgIpc) is 3.36. The summed E-state index contributed by atoms with van der Waals surface area (Å²) in [6, 6.07) is 16.6. The Balaban J connectivity index is 0.000000242. The van der Waals surface area contributed by atoms with Gasteiger partial charge in [0.05, 0.1) is 22.5 Å². The van der Waals surface area contributed by atoms with E-state index >= 15 is 0 Å². The maximum atomic E-state index is 14.0. The van der Waals surface area contributed by atoms with Gasteiger partial charge in [-0.15, -0.1) is 0 Å². The van der Waals surface area contributed by atoms with E-state index in [1.54, 1.807) is 24.3 Å². The number of nitrogens with two attached hydrogens (primary N) is 1. The first-order valence-corrected chi connectivity index (χ1v) is 15.6. The van der Waals surface area contributed by atoms with E-state index in [-0.39, 0.29) is 22.5 Å². The van der Waals surface area contributed by atoms with Crippen molar-refractivity contribution in [2.24, 2.45) is 0 Å². The lowest BCUT2D eigenvalue weighted by atomic mass is 10.0. The van der Waals surface area contributed by atoms with Crippen LogP contribution in [0.4, 0.5) is 14.5 Å². The molecule has 2 aromatic heterocycles. The summed E-state index contributed by atoms with van der Waals surface area (Å²) < 4.78 is 35.5. The van der Waals surface area contributed by atoms with Crippen LogP contribution in [0.25, 0.3) is 22.0 Å². The number of carbonyl (C=O) groups is 1. The standard InChI is InChI=1S/C23H22FN3O2.C13H15BrFNO/c1-4-17-11-21(28)18-9-8-15(22-13(2)26-29-14(22)3)10-20(18)27(17)12-16-6-5-7-19(24)23(16)25;1-4-10(16(2)3)8-13(17)11-6-5-9(14)7-12(11)15/h5-11H,4,12,25H2,1-3H3;5-8H,4H2,1-3H3/b;10-8+. The number of allylic oxidation sites excluding steroid dienone is 2. The predicted octanol–water partition coefficient (Wildman–Crippen LogP) is 8.23. The highest BCUT2D eigenvalue weighted by atomic mass is 79.9. The highest BCUT2D eigenvalue weighted by Crippen LogP contribution is 2.30. The molecule has 0 amide bonds. The Hall–Kier alpha value is -4.57. The van der Waals surface area contributed by atoms with Gasteiger partial charge in [0.1, 0.15) is 17.4 Å². The van der Waals surface area contributed by atoms with E-state index < -0.39 is 11.6 Å². The van der Waals surface area contributed by atoms with Crippen molar-refractivity contribution in [3.05, 3.63) is 127 Å². The number of aromatic nitrogens is 2. The van der Waals surface area contributed by atoms with E-state index in [1.165, 1.54) is 24.3 Å². The fourth-order valence-corrected chi connectivity index (χ4v) is 5.64. The highest BCUT2D eigenvalue weighted by Gasteiger charge is 2.16. The molecular weight excluding hydrogens is 654 g/mol. The van der Waals surface area contributed by atoms with Crippen LogP contribution in [-0.2, 0) is 13.0 Å². The summed E-state index contributed by atoms with van der Waals surface area (Å²) in [5, 5.41) is 4.64. The smallest absolute Gasteiger partial charge is 0.190 e. The number of anilines is 1. The van der Waals surface area contributed by atoms with E-state index in [2.05, 4.69) is 21.1 Å². The van der Waals surface area contributed by atoms with Gasteiger partial charge in [0.25, 0.3) is 0 Å². The minimum absolute atomic E-state index is 0.0365. The summed E-state index contributed by atoms with van der Waals surface area (Å²) in [6.45, 7) is 8.07. The molecule has 5 aromatic rings. The Bertz CT molecular complexity index is 1980. The molecule has 10 heteroatoms. The third-order valence-electron chi connectivity index (χ3n) is 7.79. The maximum Gasteiger partial charge on any atom is 0.190 e. The molecule has 0 saturated heterocycles. The minimum Gasteiger partial charge on any atom is -0.396 e. The average molecular weight is 692 g/mol. The predicted molar refractivity (Wildman–Crippen MR) is 183 cm³/mol. The number of hydrogen-bond acceptors (Lipinski definition) is 6. The van der Waals surface area contributed by atoms with Crippen molar-refractivity contribution in [3.63, 3.8) is 0 Å². The molecule has 240 valence electrons. The van der Waals surface area contributed by atoms with E-state index in [0.717, 1.165) is 45.9 Å². The van der Waals surface area contributed by atoms with Gasteiger partial charge in [-0.2, -0.15) is 0 Å². The van der Waals surface area contributed by atoms with Crippen LogP contribution >= 0.6 is 15.9 Å². The molecule has 0 aliphatic carbocycles. The molecule has 0 saturated carbocycles. The van der Waals surface area contributed by atoms with E-state index in [1.807, 2.05) is 69.5 Å². The Kier molecular flexibility index (Phi) is 11.0. The molecule has 0 unspecified atom stereocenters. The number of hydrogen-bond donors (Lipinski definition) is 1. The van der Waals surface area contributed by atoms with E-state index in [9.17, 15) is 18.4 Å². The minimum atomic E-state index is -0.505. The van der Waals surface area contributed by atoms with Crippen LogP contribution < -0.4 is 11.2 Å². The zero-order valence-corrected chi connectivity index (χ0v) is 28.3. The number of rotatable bonds is 8. The van der Waals surface area contributed by atoms with Crippen LogP contribution in [0.15, 0.2) is 86.2 Å². The Labute approximate surface area is 275 Å². The van der Waals surface area contributed by atoms with Crippen LogP contribution in [-0.4, -0.2) is 34.5 Å². The number of aryl methyl sites for hydroxylation is 3. The number of nitrogen functional groups attached to an aromatic ring is 1. The molecule has 46 heavy (non-hydrogen) atoms. The molecule has 0 fully saturated rings. The van der Waals surface area contributed by atoms with Gasteiger partial charge in [-0.25, -0.2) is 8.78 Å². The third kappa shape index (κ3) is 7.45. The molecule has 2 N–H and O–H groups in total. The van der Waals surface area contributed by atoms with Gasteiger partial charge in [0.2, 0.25) is 0 Å². The lowest BCUT2D eigenvalue weighted by Crippen LogP contribution is -2.15. The molecule has 0 spiro atoms. The first-order chi connectivity index (χ1) is 21.9. The summed E-state index contributed by atoms with van der Waals surface area (Å²) in [4.78, 5) is 26.4. The second-order valence-corrected chi connectivity index (χ2v) is 12.0. The quantitative estimate of drug-likeness (QED) is 0.100. The van der Waals surface area contributed by atoms with Gasteiger partial charge in [-0.3, -0.25) is 9.59 Å². The Morgan fingerprint density at radius 3 is 2.39 bits per heavy atom. The lowest BCUT2D eigenvalue weighted by Gasteiger charge is -2.18. The number of para-hydroxylation sites is 1. The fourth-order valence-electron chi connectivity index (χ4n) is 5.31. The van der Waals surface area contributed by atoms with Gasteiger partial charge >= 0.3 is 0 Å². The van der Waals surface area contributed by atoms with Crippen molar-refractivity contribution in [1.29, 1.82) is 0 Å². The number of ketones is 1. The van der Waals surface area contributed by atoms with Crippen molar-refractivity contribution in [2.75, 3.05) is 19.8 Å². The molecular formula is C36H37BrF2N4O3. The summed E-state index contributed by atoms with van der Waals surface area (Å²) in [5.41, 5.74) is 12.0. The zero-order chi connectivity index (χ0) is 33.7. The number of fused-ring (bicyclic) bond motifs is 1. The van der Waals surface area contributed by atoms with Gasteiger partial charge in [-0.1, -0.05) is 53.1 Å². The number of benzene rings is 3. The second-order valence-electron chi connectivity index (χ2n) is 11.1. The van der Waals surface area contributed by atoms with Crippen LogP contribution in [0, 0.1) is 25.5 Å². The molecule has 0 aliphatic rings. The normalized spacial score (nSPS) is 11.4. The summed E-state index contributed by atoms with van der Waals surface area (Å²) in [6.07, 6.45) is 2.87. The van der Waals surface area contributed by atoms with E-state index in [0.29, 0.717) is 28.4 Å². The molecule has 3 aromatic carbocycles. The summed E-state index contributed by atoms with van der Waals surface area (Å²) in [7, 11) is 3.72. The third-order valence-corrected chi connectivity index (χ3v) is 8.28. The molecule has 2 heterocycles. The molecule has 0 bridgehead atoms. The van der Waals surface area contributed by atoms with Gasteiger partial charge in [0.15, 0.2) is 11.2 Å². The molecule has 7 nitrogen and oxygen atoms in total. The van der Waals surface area contributed by atoms with Crippen molar-refractivity contribution in [1.82, 2.24) is 14.6 Å². The fraction of sp³-hybridized carbons (Fsp3) is 0.250. The lowest BCUT2D eigenvalue weighted by molar-refractivity contribution is 0.104. The van der Waals surface area contributed by atoms with Gasteiger partial charge in [-0.05, 0) is 74.2 Å². The Morgan fingerprint density at radius 2 is 1.78 bits per heavy atom. The topological polar surface area (TPSA) is 94.4 Å². The van der Waals surface area contributed by atoms with E-state index in [4.69, 9.17) is 10.3 Å². The SMILES string of the molecule is CC/C(=C\C(=O)c1ccc(Br)cc1F)N(C)C.CCc1cc(=O)c2ccc(-c3c(C)noc3C)cc2n1Cc1cccc(F)c1N. The van der Waals surface area contributed by atoms with Crippen LogP contribution in [0.2, 0.25) is 0 Å². The van der Waals surface area contributed by atoms with Crippen LogP contribution in [0.5, 0.6) is 0 Å². The maximum absolute atomic E-state index is 14.0. The monoisotopic (exact) mass is 690 g/mol. The van der Waals surface area contributed by atoms with Crippen molar-refractivity contribution < 1.29 is 18.1 Å². The number of halogens is 3. The number of pyridine rings is 1. The molecule has 0 aliphatic heterocycles. The molecule has 5 rings (SSSR count). The second kappa shape index (κ2) is 14.7.